The number of fused-ring (bicyclic) bond motifs is 5. The van der Waals surface area contributed by atoms with Gasteiger partial charge in [0.05, 0.1) is 17.1 Å². The average Bonchev–Trinajstić information content (AvgIpc) is 3.32. The summed E-state index contributed by atoms with van der Waals surface area (Å²) in [6.45, 7) is 11.1. The molecule has 0 radical (unpaired) electrons. The number of aliphatic hydroxyl groups excluding tert-OH is 2. The van der Waals surface area contributed by atoms with E-state index in [2.05, 4.69) is 10.6 Å². The number of carbonyl (C=O) groups excluding carboxylic acids is 4. The van der Waals surface area contributed by atoms with E-state index >= 15 is 0 Å². The molecule has 0 bridgehead atoms. The maximum atomic E-state index is 14.4. The fourth-order valence-corrected chi connectivity index (χ4v) is 10.3. The first-order valence-corrected chi connectivity index (χ1v) is 19.1. The van der Waals surface area contributed by atoms with Crippen LogP contribution in [-0.2, 0) is 30.4 Å². The van der Waals surface area contributed by atoms with E-state index < -0.39 is 70.0 Å². The summed E-state index contributed by atoms with van der Waals surface area (Å²) in [5, 5.41) is 28.2. The highest BCUT2D eigenvalue weighted by molar-refractivity contribution is 6.26. The zero-order valence-electron chi connectivity index (χ0n) is 31.9. The maximum absolute atomic E-state index is 14.4. The van der Waals surface area contributed by atoms with E-state index in [0.29, 0.717) is 25.3 Å². The van der Waals surface area contributed by atoms with Crippen molar-refractivity contribution in [3.8, 4) is 0 Å². The van der Waals surface area contributed by atoms with Crippen LogP contribution in [0.5, 0.6) is 0 Å². The number of likely N-dealkylation sites (N-methyl/N-ethyl adjacent to an activating group) is 1. The molecule has 3 saturated carbocycles. The topological polar surface area (TPSA) is 164 Å². The Morgan fingerprint density at radius 3 is 2.43 bits per heavy atom. The standard InChI is InChI=1S/C40H56ClN3O9/c1-8-34(48)53-40(25(4)19-31-30-14-11-27-20-29(45)15-16-37(27,5)39(30,41)32(46)21-38(31,40)6)33(47)23-51-35(49)42-17-18-44(7)36(50)52-22-26-9-12-28(13-10-26)43-24(2)3/h9-10,12-13,15-16,20,24-25,29-32,43,45-46H,8,11,14,17-19,21-23H2,1-7H3,(H,42,49)/t25-,29?,30-,31?,32-,37-,38-,39-,40-/m0/s1. The number of allylic oxidation sites excluding steroid dienone is 2. The van der Waals surface area contributed by atoms with Crippen molar-refractivity contribution in [1.29, 1.82) is 0 Å². The van der Waals surface area contributed by atoms with Crippen LogP contribution in [0.15, 0.2) is 48.1 Å². The third-order valence-corrected chi connectivity index (χ3v) is 13.3. The predicted molar refractivity (Wildman–Crippen MR) is 200 cm³/mol. The third-order valence-electron chi connectivity index (χ3n) is 12.4. The van der Waals surface area contributed by atoms with Gasteiger partial charge in [0.1, 0.15) is 6.61 Å². The lowest BCUT2D eigenvalue weighted by molar-refractivity contribution is -0.202. The largest absolute Gasteiger partial charge is 0.450 e. The second kappa shape index (κ2) is 15.6. The van der Waals surface area contributed by atoms with Gasteiger partial charge in [0.25, 0.3) is 0 Å². The summed E-state index contributed by atoms with van der Waals surface area (Å²) in [6.07, 6.45) is 4.12. The van der Waals surface area contributed by atoms with Crippen molar-refractivity contribution in [2.75, 3.05) is 32.1 Å². The van der Waals surface area contributed by atoms with E-state index in [9.17, 15) is 29.4 Å². The summed E-state index contributed by atoms with van der Waals surface area (Å²) >= 11 is 7.60. The Kier molecular flexibility index (Phi) is 12.0. The molecule has 2 unspecified atom stereocenters. The van der Waals surface area contributed by atoms with E-state index in [4.69, 9.17) is 25.8 Å². The van der Waals surface area contributed by atoms with Crippen molar-refractivity contribution < 1.29 is 43.6 Å². The molecule has 0 aliphatic heterocycles. The van der Waals surface area contributed by atoms with Gasteiger partial charge in [-0.15, -0.1) is 11.6 Å². The molecule has 12 nitrogen and oxygen atoms in total. The maximum Gasteiger partial charge on any atom is 0.409 e. The van der Waals surface area contributed by atoms with Crippen LogP contribution < -0.4 is 10.6 Å². The van der Waals surface area contributed by atoms with Crippen LogP contribution in [-0.4, -0.2) is 94.5 Å². The van der Waals surface area contributed by atoms with Crippen LogP contribution in [0.3, 0.4) is 0 Å². The molecule has 4 aliphatic carbocycles. The van der Waals surface area contributed by atoms with Gasteiger partial charge in [-0.3, -0.25) is 9.59 Å². The lowest BCUT2D eigenvalue weighted by Gasteiger charge is -2.64. The SMILES string of the molecule is CCC(=O)O[C@]1(C(=O)COC(=O)NCCN(C)C(=O)OCc2ccc(NC(C)C)cc2)[C@@H](C)CC2[C@@H]3CCC4=CC(O)C=C[C@]4(C)[C@@]3(Cl)[C@@H](O)C[C@@]21C. The Morgan fingerprint density at radius 2 is 1.77 bits per heavy atom. The van der Waals surface area contributed by atoms with Crippen molar-refractivity contribution in [3.05, 3.63) is 53.6 Å². The van der Waals surface area contributed by atoms with E-state index in [1.54, 1.807) is 20.0 Å². The number of ether oxygens (including phenoxy) is 3. The molecule has 0 spiro atoms. The number of aliphatic hydroxyl groups is 2. The number of benzene rings is 1. The van der Waals surface area contributed by atoms with Crippen LogP contribution >= 0.6 is 11.6 Å². The molecule has 0 saturated heterocycles. The van der Waals surface area contributed by atoms with Crippen molar-refractivity contribution in [2.45, 2.75) is 109 Å². The predicted octanol–water partition coefficient (Wildman–Crippen LogP) is 5.74. The molecule has 4 N–H and O–H groups in total. The average molecular weight is 758 g/mol. The number of carbonyl (C=O) groups is 4. The van der Waals surface area contributed by atoms with Crippen molar-refractivity contribution in [1.82, 2.24) is 10.2 Å². The number of nitrogens with one attached hydrogen (secondary N) is 2. The molecule has 3 fully saturated rings. The van der Waals surface area contributed by atoms with Crippen molar-refractivity contribution in [2.24, 2.45) is 28.6 Å². The smallest absolute Gasteiger partial charge is 0.409 e. The van der Waals surface area contributed by atoms with Gasteiger partial charge in [-0.05, 0) is 69.1 Å². The fourth-order valence-electron chi connectivity index (χ4n) is 9.76. The minimum Gasteiger partial charge on any atom is -0.450 e. The molecule has 53 heavy (non-hydrogen) atoms. The number of amides is 2. The Bertz CT molecular complexity index is 1620. The van der Waals surface area contributed by atoms with E-state index in [-0.39, 0.29) is 44.4 Å². The number of alkyl halides is 1. The minimum atomic E-state index is -1.67. The molecule has 5 rings (SSSR count). The number of rotatable bonds is 12. The fraction of sp³-hybridized carbons (Fsp3) is 0.650. The number of hydrogen-bond acceptors (Lipinski definition) is 10. The van der Waals surface area contributed by atoms with Gasteiger partial charge in [0.2, 0.25) is 5.78 Å². The second-order valence-corrected chi connectivity index (χ2v) is 16.6. The van der Waals surface area contributed by atoms with Crippen LogP contribution in [0, 0.1) is 28.6 Å². The summed E-state index contributed by atoms with van der Waals surface area (Å²) in [5.74, 6) is -2.01. The van der Waals surface area contributed by atoms with Crippen molar-refractivity contribution >= 4 is 41.2 Å². The van der Waals surface area contributed by atoms with Gasteiger partial charge in [-0.2, -0.15) is 0 Å². The number of nitrogens with zero attached hydrogens (tertiary/aromatic N) is 1. The number of hydrogen-bond donors (Lipinski definition) is 4. The van der Waals surface area contributed by atoms with Gasteiger partial charge in [0.15, 0.2) is 12.2 Å². The van der Waals surface area contributed by atoms with Crippen LogP contribution in [0.2, 0.25) is 0 Å². The normalized spacial score (nSPS) is 34.2. The Balaban J connectivity index is 1.21. The third kappa shape index (κ3) is 7.31. The molecule has 0 aromatic heterocycles. The quantitative estimate of drug-likeness (QED) is 0.0895. The molecule has 9 atom stereocenters. The zero-order chi connectivity index (χ0) is 38.9. The number of ketones is 1. The molecule has 0 heterocycles. The molecule has 1 aromatic rings. The second-order valence-electron chi connectivity index (χ2n) is 16.0. The summed E-state index contributed by atoms with van der Waals surface area (Å²) in [7, 11) is 1.55. The van der Waals surface area contributed by atoms with E-state index in [1.807, 2.05) is 71.0 Å². The molecule has 13 heteroatoms. The number of alkyl carbamates (subject to hydrolysis) is 1. The van der Waals surface area contributed by atoms with E-state index in [1.165, 1.54) is 4.90 Å². The Morgan fingerprint density at radius 1 is 1.08 bits per heavy atom. The van der Waals surface area contributed by atoms with Gasteiger partial charge in [-0.1, -0.05) is 63.6 Å². The number of halogens is 1. The molecule has 2 amide bonds. The minimum absolute atomic E-state index is 0.0343. The lowest BCUT2D eigenvalue weighted by Crippen LogP contribution is -2.69. The lowest BCUT2D eigenvalue weighted by atomic mass is 9.45. The highest BCUT2D eigenvalue weighted by Crippen LogP contribution is 2.72. The monoisotopic (exact) mass is 757 g/mol. The highest BCUT2D eigenvalue weighted by Gasteiger charge is 2.76. The van der Waals surface area contributed by atoms with Gasteiger partial charge in [-0.25, -0.2) is 9.59 Å². The summed E-state index contributed by atoms with van der Waals surface area (Å²) in [4.78, 5) is 53.0. The summed E-state index contributed by atoms with van der Waals surface area (Å²) < 4.78 is 17.0. The Hall–Kier alpha value is -3.61. The van der Waals surface area contributed by atoms with Crippen LogP contribution in [0.4, 0.5) is 15.3 Å². The number of Topliss-reactive ketones (excluding diaryl/α,β-unsaturated/α-hetero) is 1. The van der Waals surface area contributed by atoms with Crippen LogP contribution in [0.25, 0.3) is 0 Å². The summed E-state index contributed by atoms with van der Waals surface area (Å²) in [6, 6.07) is 7.89. The molecule has 1 aromatic carbocycles. The number of esters is 1. The van der Waals surface area contributed by atoms with Gasteiger partial charge >= 0.3 is 18.2 Å². The first kappa shape index (κ1) is 40.6. The Labute approximate surface area is 317 Å². The molecule has 4 aliphatic rings. The van der Waals surface area contributed by atoms with Crippen molar-refractivity contribution in [3.63, 3.8) is 0 Å². The first-order valence-electron chi connectivity index (χ1n) is 18.8. The first-order chi connectivity index (χ1) is 24.9. The molecular formula is C40H56ClN3O9. The zero-order valence-corrected chi connectivity index (χ0v) is 32.7. The molecular weight excluding hydrogens is 702 g/mol. The van der Waals surface area contributed by atoms with E-state index in [0.717, 1.165) is 16.8 Å². The van der Waals surface area contributed by atoms with Gasteiger partial charge < -0.3 is 40.0 Å². The number of anilines is 1. The highest BCUT2D eigenvalue weighted by atomic mass is 35.5. The van der Waals surface area contributed by atoms with Crippen LogP contribution in [0.1, 0.15) is 79.2 Å². The molecule has 292 valence electrons. The summed E-state index contributed by atoms with van der Waals surface area (Å²) in [5.41, 5.74) is -0.621. The van der Waals surface area contributed by atoms with Gasteiger partial charge in [0, 0.05) is 55.0 Å².